The quantitative estimate of drug-likeness (QED) is 0.367. The first-order valence-corrected chi connectivity index (χ1v) is 13.0. The molecule has 1 unspecified atom stereocenters. The van der Waals surface area contributed by atoms with Crippen LogP contribution >= 0.6 is 11.3 Å². The lowest BCUT2D eigenvalue weighted by Crippen LogP contribution is -2.46. The maximum absolute atomic E-state index is 13.7. The van der Waals surface area contributed by atoms with E-state index in [1.807, 2.05) is 48.7 Å². The smallest absolute Gasteiger partial charge is 0.248 e. The lowest BCUT2D eigenvalue weighted by atomic mass is 10.1. The molecule has 1 aliphatic rings. The van der Waals surface area contributed by atoms with Crippen LogP contribution in [0, 0.1) is 6.92 Å². The van der Waals surface area contributed by atoms with Crippen molar-refractivity contribution in [2.24, 2.45) is 0 Å². The number of aryl methyl sites for hydroxylation is 1. The van der Waals surface area contributed by atoms with E-state index in [0.717, 1.165) is 41.7 Å². The third-order valence-corrected chi connectivity index (χ3v) is 7.26. The molecule has 0 spiro atoms. The van der Waals surface area contributed by atoms with Crippen molar-refractivity contribution >= 4 is 23.2 Å². The fourth-order valence-corrected chi connectivity index (χ4v) is 5.29. The molecule has 3 aromatic heterocycles. The van der Waals surface area contributed by atoms with E-state index in [1.165, 1.54) is 16.1 Å². The summed E-state index contributed by atoms with van der Waals surface area (Å²) in [6.45, 7) is 2.00. The van der Waals surface area contributed by atoms with Gasteiger partial charge in [-0.2, -0.15) is 4.80 Å². The van der Waals surface area contributed by atoms with Crippen molar-refractivity contribution in [3.8, 4) is 11.4 Å². The molecule has 0 bridgehead atoms. The van der Waals surface area contributed by atoms with Gasteiger partial charge in [0.15, 0.2) is 0 Å². The first-order chi connectivity index (χ1) is 17.6. The van der Waals surface area contributed by atoms with Gasteiger partial charge < -0.3 is 14.6 Å². The van der Waals surface area contributed by atoms with Crippen molar-refractivity contribution < 1.29 is 14.0 Å². The molecule has 1 saturated carbocycles. The van der Waals surface area contributed by atoms with Crippen LogP contribution in [0.5, 0.6) is 0 Å². The van der Waals surface area contributed by atoms with E-state index >= 15 is 0 Å². The SMILES string of the molecule is Cc1ccc(-c2nnn(CC(=O)N(Cc3ccco3)C(C(=O)NC3CCCC3)c3cccs3)n2)cc1. The average molecular weight is 505 g/mol. The summed E-state index contributed by atoms with van der Waals surface area (Å²) in [5.74, 6) is 0.537. The van der Waals surface area contributed by atoms with E-state index in [-0.39, 0.29) is 30.9 Å². The minimum absolute atomic E-state index is 0.134. The Morgan fingerprint density at radius 1 is 1.17 bits per heavy atom. The Hall–Kier alpha value is -3.79. The number of nitrogens with one attached hydrogen (secondary N) is 1. The first kappa shape index (κ1) is 23.9. The molecule has 1 aromatic carbocycles. The number of nitrogens with zero attached hydrogens (tertiary/aromatic N) is 5. The molecule has 9 nitrogen and oxygen atoms in total. The number of aromatic nitrogens is 4. The predicted molar refractivity (Wildman–Crippen MR) is 135 cm³/mol. The number of thiophene rings is 1. The van der Waals surface area contributed by atoms with Crippen molar-refractivity contribution in [1.29, 1.82) is 0 Å². The lowest BCUT2D eigenvalue weighted by molar-refractivity contribution is -0.142. The van der Waals surface area contributed by atoms with Gasteiger partial charge in [-0.3, -0.25) is 9.59 Å². The average Bonchev–Trinajstić information content (AvgIpc) is 3.68. The summed E-state index contributed by atoms with van der Waals surface area (Å²) in [5.41, 5.74) is 1.95. The van der Waals surface area contributed by atoms with Gasteiger partial charge in [-0.1, -0.05) is 48.7 Å². The molecule has 1 fully saturated rings. The van der Waals surface area contributed by atoms with Crippen LogP contribution in [-0.2, 0) is 22.7 Å². The Balaban J connectivity index is 1.41. The Morgan fingerprint density at radius 2 is 1.97 bits per heavy atom. The summed E-state index contributed by atoms with van der Waals surface area (Å²) < 4.78 is 5.54. The second-order valence-corrected chi connectivity index (χ2v) is 10.00. The number of carbonyl (C=O) groups is 2. The number of carbonyl (C=O) groups excluding carboxylic acids is 2. The summed E-state index contributed by atoms with van der Waals surface area (Å²) in [5, 5.41) is 17.7. The van der Waals surface area contributed by atoms with Gasteiger partial charge in [0.25, 0.3) is 0 Å². The Morgan fingerprint density at radius 3 is 2.67 bits per heavy atom. The van der Waals surface area contributed by atoms with Crippen LogP contribution < -0.4 is 5.32 Å². The highest BCUT2D eigenvalue weighted by Crippen LogP contribution is 2.29. The molecule has 1 N–H and O–H groups in total. The molecule has 3 heterocycles. The van der Waals surface area contributed by atoms with Crippen LogP contribution in [-0.4, -0.2) is 43.0 Å². The monoisotopic (exact) mass is 504 g/mol. The third kappa shape index (κ3) is 5.54. The summed E-state index contributed by atoms with van der Waals surface area (Å²) >= 11 is 1.45. The van der Waals surface area contributed by atoms with E-state index in [2.05, 4.69) is 20.7 Å². The molecule has 1 atom stereocenters. The maximum atomic E-state index is 13.7. The molecule has 36 heavy (non-hydrogen) atoms. The highest BCUT2D eigenvalue weighted by molar-refractivity contribution is 7.10. The van der Waals surface area contributed by atoms with Crippen molar-refractivity contribution in [3.63, 3.8) is 0 Å². The largest absolute Gasteiger partial charge is 0.467 e. The van der Waals surface area contributed by atoms with Gasteiger partial charge in [0, 0.05) is 16.5 Å². The molecule has 186 valence electrons. The van der Waals surface area contributed by atoms with Crippen molar-refractivity contribution in [2.45, 2.75) is 57.8 Å². The second kappa shape index (κ2) is 10.9. The normalized spacial score (nSPS) is 14.6. The number of tetrazole rings is 1. The number of benzene rings is 1. The zero-order chi connectivity index (χ0) is 24.9. The molecule has 2 amide bonds. The van der Waals surface area contributed by atoms with Gasteiger partial charge in [0.05, 0.1) is 12.8 Å². The zero-order valence-electron chi connectivity index (χ0n) is 20.0. The molecule has 0 radical (unpaired) electrons. The molecule has 0 saturated heterocycles. The summed E-state index contributed by atoms with van der Waals surface area (Å²) in [4.78, 5) is 30.9. The van der Waals surface area contributed by atoms with E-state index in [1.54, 1.807) is 23.3 Å². The molecule has 1 aliphatic carbocycles. The van der Waals surface area contributed by atoms with E-state index in [9.17, 15) is 9.59 Å². The third-order valence-electron chi connectivity index (χ3n) is 6.34. The summed E-state index contributed by atoms with van der Waals surface area (Å²) in [6.07, 6.45) is 5.68. The Bertz CT molecular complexity index is 1280. The minimum Gasteiger partial charge on any atom is -0.467 e. The topological polar surface area (TPSA) is 106 Å². The van der Waals surface area contributed by atoms with E-state index in [0.29, 0.717) is 11.6 Å². The van der Waals surface area contributed by atoms with Crippen molar-refractivity contribution in [1.82, 2.24) is 30.4 Å². The Labute approximate surface area is 213 Å². The van der Waals surface area contributed by atoms with Gasteiger partial charge in [-0.15, -0.1) is 21.5 Å². The van der Waals surface area contributed by atoms with Crippen molar-refractivity contribution in [3.05, 3.63) is 76.4 Å². The highest BCUT2D eigenvalue weighted by atomic mass is 32.1. The summed E-state index contributed by atoms with van der Waals surface area (Å²) in [6, 6.07) is 14.5. The van der Waals surface area contributed by atoms with Gasteiger partial charge >= 0.3 is 0 Å². The molecular formula is C26H28N6O3S. The van der Waals surface area contributed by atoms with Gasteiger partial charge in [0.2, 0.25) is 17.6 Å². The fourth-order valence-electron chi connectivity index (χ4n) is 4.46. The highest BCUT2D eigenvalue weighted by Gasteiger charge is 2.34. The Kier molecular flexibility index (Phi) is 7.22. The van der Waals surface area contributed by atoms with E-state index < -0.39 is 6.04 Å². The van der Waals surface area contributed by atoms with Crippen LogP contribution in [0.4, 0.5) is 0 Å². The fraction of sp³-hybridized carbons (Fsp3) is 0.346. The summed E-state index contributed by atoms with van der Waals surface area (Å²) in [7, 11) is 0. The molecule has 4 aromatic rings. The van der Waals surface area contributed by atoms with E-state index in [4.69, 9.17) is 4.42 Å². The standard InChI is InChI=1S/C26H28N6O3S/c1-18-10-12-19(13-11-18)25-28-30-32(29-25)17-23(33)31(16-21-8-4-14-35-21)24(22-9-5-15-36-22)26(34)27-20-6-2-3-7-20/h4-5,8-15,20,24H,2-3,6-7,16-17H2,1H3,(H,27,34). The minimum atomic E-state index is -0.789. The van der Waals surface area contributed by atoms with Crippen LogP contribution in [0.2, 0.25) is 0 Å². The number of hydrogen-bond donors (Lipinski definition) is 1. The molecule has 0 aliphatic heterocycles. The number of rotatable bonds is 9. The molecule has 5 rings (SSSR count). The molecule has 10 heteroatoms. The zero-order valence-corrected chi connectivity index (χ0v) is 20.9. The van der Waals surface area contributed by atoms with Gasteiger partial charge in [0.1, 0.15) is 18.3 Å². The van der Waals surface area contributed by atoms with Crippen LogP contribution in [0.1, 0.15) is 47.9 Å². The maximum Gasteiger partial charge on any atom is 0.248 e. The van der Waals surface area contributed by atoms with Crippen LogP contribution in [0.25, 0.3) is 11.4 Å². The number of amides is 2. The van der Waals surface area contributed by atoms with Crippen LogP contribution in [0.15, 0.2) is 64.6 Å². The lowest BCUT2D eigenvalue weighted by Gasteiger charge is -2.30. The second-order valence-electron chi connectivity index (χ2n) is 9.02. The van der Waals surface area contributed by atoms with Gasteiger partial charge in [-0.25, -0.2) is 0 Å². The van der Waals surface area contributed by atoms with Crippen molar-refractivity contribution in [2.75, 3.05) is 0 Å². The van der Waals surface area contributed by atoms with Crippen LogP contribution in [0.3, 0.4) is 0 Å². The first-order valence-electron chi connectivity index (χ1n) is 12.1. The van der Waals surface area contributed by atoms with Gasteiger partial charge in [-0.05, 0) is 48.6 Å². The number of furan rings is 1. The predicted octanol–water partition coefficient (Wildman–Crippen LogP) is 4.13. The molecular weight excluding hydrogens is 476 g/mol. The number of hydrogen-bond acceptors (Lipinski definition) is 7.